The van der Waals surface area contributed by atoms with Crippen LogP contribution in [0.3, 0.4) is 0 Å². The van der Waals surface area contributed by atoms with Gasteiger partial charge in [0.2, 0.25) is 0 Å². The van der Waals surface area contributed by atoms with E-state index in [2.05, 4.69) is 6.92 Å². The normalized spacial score (nSPS) is 45.7. The highest BCUT2D eigenvalue weighted by Gasteiger charge is 2.42. The van der Waals surface area contributed by atoms with Crippen LogP contribution in [0.4, 0.5) is 0 Å². The van der Waals surface area contributed by atoms with Gasteiger partial charge in [-0.15, -0.1) is 0 Å². The van der Waals surface area contributed by atoms with Crippen LogP contribution in [0.2, 0.25) is 0 Å². The second-order valence-corrected chi connectivity index (χ2v) is 4.85. The lowest BCUT2D eigenvalue weighted by Crippen LogP contribution is -2.35. The monoisotopic (exact) mass is 184 g/mol. The molecule has 2 nitrogen and oxygen atoms in total. The molecule has 0 aromatic carbocycles. The van der Waals surface area contributed by atoms with E-state index in [1.54, 1.807) is 0 Å². The molecule has 2 aliphatic rings. The summed E-state index contributed by atoms with van der Waals surface area (Å²) in [5, 5.41) is 9.02. The Hall–Kier alpha value is -0.0800. The molecule has 1 aliphatic carbocycles. The molecule has 2 fully saturated rings. The number of aliphatic hydroxyl groups excluding tert-OH is 1. The summed E-state index contributed by atoms with van der Waals surface area (Å²) in [5.41, 5.74) is 0.158. The number of hydrogen-bond donors (Lipinski definition) is 1. The Labute approximate surface area is 80.3 Å². The Kier molecular flexibility index (Phi) is 2.61. The average Bonchev–Trinajstić information content (AvgIpc) is 2.48. The van der Waals surface area contributed by atoms with Crippen molar-refractivity contribution in [1.82, 2.24) is 0 Å². The zero-order valence-electron chi connectivity index (χ0n) is 8.46. The van der Waals surface area contributed by atoms with E-state index in [0.717, 1.165) is 12.3 Å². The van der Waals surface area contributed by atoms with Gasteiger partial charge in [-0.25, -0.2) is 0 Å². The minimum atomic E-state index is 0.130. The van der Waals surface area contributed by atoms with Crippen LogP contribution in [-0.4, -0.2) is 23.4 Å². The first-order chi connectivity index (χ1) is 6.24. The van der Waals surface area contributed by atoms with Crippen molar-refractivity contribution in [3.05, 3.63) is 0 Å². The molecular weight excluding hydrogens is 164 g/mol. The van der Waals surface area contributed by atoms with Crippen LogP contribution in [0, 0.1) is 5.92 Å². The molecule has 1 spiro atoms. The van der Waals surface area contributed by atoms with Gasteiger partial charge in [-0.1, -0.05) is 19.8 Å². The van der Waals surface area contributed by atoms with Crippen LogP contribution < -0.4 is 0 Å². The van der Waals surface area contributed by atoms with E-state index in [1.807, 2.05) is 0 Å². The minimum Gasteiger partial charge on any atom is -0.394 e. The second-order valence-electron chi connectivity index (χ2n) is 4.85. The quantitative estimate of drug-likeness (QED) is 0.676. The molecule has 1 saturated carbocycles. The first-order valence-electron chi connectivity index (χ1n) is 5.53. The molecule has 0 radical (unpaired) electrons. The molecule has 1 aliphatic heterocycles. The van der Waals surface area contributed by atoms with Crippen LogP contribution in [0.25, 0.3) is 0 Å². The second kappa shape index (κ2) is 3.58. The van der Waals surface area contributed by atoms with Crippen molar-refractivity contribution in [3.63, 3.8) is 0 Å². The zero-order chi connectivity index (χ0) is 9.31. The van der Waals surface area contributed by atoms with Crippen LogP contribution >= 0.6 is 0 Å². The van der Waals surface area contributed by atoms with Crippen molar-refractivity contribution < 1.29 is 9.84 Å². The van der Waals surface area contributed by atoms with Crippen molar-refractivity contribution >= 4 is 0 Å². The largest absolute Gasteiger partial charge is 0.394 e. The van der Waals surface area contributed by atoms with Crippen LogP contribution in [0.1, 0.15) is 45.4 Å². The molecule has 76 valence electrons. The van der Waals surface area contributed by atoms with Gasteiger partial charge in [-0.05, 0) is 31.6 Å². The van der Waals surface area contributed by atoms with Gasteiger partial charge in [0.25, 0.3) is 0 Å². The summed E-state index contributed by atoms with van der Waals surface area (Å²) in [4.78, 5) is 0. The molecule has 13 heavy (non-hydrogen) atoms. The smallest absolute Gasteiger partial charge is 0.0814 e. The predicted molar refractivity (Wildman–Crippen MR) is 51.6 cm³/mol. The molecule has 0 aromatic rings. The van der Waals surface area contributed by atoms with Gasteiger partial charge in [-0.2, -0.15) is 0 Å². The maximum Gasteiger partial charge on any atom is 0.0814 e. The van der Waals surface area contributed by atoms with E-state index in [9.17, 15) is 0 Å². The fourth-order valence-corrected chi connectivity index (χ4v) is 2.97. The Bertz CT molecular complexity index is 181. The molecule has 0 unspecified atom stereocenters. The van der Waals surface area contributed by atoms with Gasteiger partial charge in [-0.3, -0.25) is 0 Å². The summed E-state index contributed by atoms with van der Waals surface area (Å²) in [7, 11) is 0. The maximum absolute atomic E-state index is 9.02. The Morgan fingerprint density at radius 2 is 2.23 bits per heavy atom. The molecule has 0 amide bonds. The standard InChI is InChI=1S/C11H20O2/c1-9-3-2-5-11(7-9)6-4-10(8-12)13-11/h9-10,12H,2-8H2,1H3/t9-,10+,11+/m1/s1. The van der Waals surface area contributed by atoms with Crippen molar-refractivity contribution in [2.45, 2.75) is 57.2 Å². The van der Waals surface area contributed by atoms with Gasteiger partial charge < -0.3 is 9.84 Å². The van der Waals surface area contributed by atoms with Crippen LogP contribution in [0.5, 0.6) is 0 Å². The van der Waals surface area contributed by atoms with Gasteiger partial charge in [0, 0.05) is 0 Å². The Balaban J connectivity index is 1.97. The van der Waals surface area contributed by atoms with E-state index >= 15 is 0 Å². The average molecular weight is 184 g/mol. The number of aliphatic hydroxyl groups is 1. The minimum absolute atomic E-state index is 0.130. The maximum atomic E-state index is 9.02. The molecule has 0 bridgehead atoms. The first kappa shape index (κ1) is 9.47. The number of ether oxygens (including phenoxy) is 1. The van der Waals surface area contributed by atoms with E-state index in [-0.39, 0.29) is 18.3 Å². The topological polar surface area (TPSA) is 29.5 Å². The fraction of sp³-hybridized carbons (Fsp3) is 1.00. The molecular formula is C11H20O2. The van der Waals surface area contributed by atoms with Gasteiger partial charge in [0.15, 0.2) is 0 Å². The van der Waals surface area contributed by atoms with Crippen molar-refractivity contribution in [3.8, 4) is 0 Å². The summed E-state index contributed by atoms with van der Waals surface area (Å²) in [6.07, 6.45) is 7.45. The summed E-state index contributed by atoms with van der Waals surface area (Å²) in [6, 6.07) is 0. The van der Waals surface area contributed by atoms with E-state index in [1.165, 1.54) is 32.1 Å². The zero-order valence-corrected chi connectivity index (χ0v) is 8.46. The van der Waals surface area contributed by atoms with Crippen molar-refractivity contribution in [2.75, 3.05) is 6.61 Å². The van der Waals surface area contributed by atoms with Gasteiger partial charge in [0.05, 0.1) is 18.3 Å². The van der Waals surface area contributed by atoms with Gasteiger partial charge in [0.1, 0.15) is 0 Å². The third kappa shape index (κ3) is 1.89. The van der Waals surface area contributed by atoms with E-state index < -0.39 is 0 Å². The molecule has 1 N–H and O–H groups in total. The van der Waals surface area contributed by atoms with Gasteiger partial charge >= 0.3 is 0 Å². The Morgan fingerprint density at radius 1 is 1.38 bits per heavy atom. The summed E-state index contributed by atoms with van der Waals surface area (Å²) in [6.45, 7) is 2.52. The number of rotatable bonds is 1. The fourth-order valence-electron chi connectivity index (χ4n) is 2.97. The highest BCUT2D eigenvalue weighted by Crippen LogP contribution is 2.43. The third-order valence-electron chi connectivity index (χ3n) is 3.59. The molecule has 1 saturated heterocycles. The molecule has 2 rings (SSSR count). The lowest BCUT2D eigenvalue weighted by Gasteiger charge is -2.36. The van der Waals surface area contributed by atoms with Crippen LogP contribution in [0.15, 0.2) is 0 Å². The number of hydrogen-bond acceptors (Lipinski definition) is 2. The summed E-state index contributed by atoms with van der Waals surface area (Å²) >= 11 is 0. The highest BCUT2D eigenvalue weighted by atomic mass is 16.5. The third-order valence-corrected chi connectivity index (χ3v) is 3.59. The van der Waals surface area contributed by atoms with Crippen molar-refractivity contribution in [2.24, 2.45) is 5.92 Å². The summed E-state index contributed by atoms with van der Waals surface area (Å²) < 4.78 is 5.96. The first-order valence-corrected chi connectivity index (χ1v) is 5.53. The lowest BCUT2D eigenvalue weighted by molar-refractivity contribution is -0.0869. The predicted octanol–water partition coefficient (Wildman–Crippen LogP) is 2.11. The Morgan fingerprint density at radius 3 is 2.85 bits per heavy atom. The van der Waals surface area contributed by atoms with E-state index in [0.29, 0.717) is 0 Å². The van der Waals surface area contributed by atoms with Crippen molar-refractivity contribution in [1.29, 1.82) is 0 Å². The molecule has 3 atom stereocenters. The highest BCUT2D eigenvalue weighted by molar-refractivity contribution is 4.92. The SMILES string of the molecule is C[C@@H]1CCC[C@]2(CC[C@@H](CO)O2)C1. The van der Waals surface area contributed by atoms with E-state index in [4.69, 9.17) is 9.84 Å². The molecule has 0 aromatic heterocycles. The lowest BCUT2D eigenvalue weighted by atomic mass is 9.77. The van der Waals surface area contributed by atoms with Crippen LogP contribution in [-0.2, 0) is 4.74 Å². The molecule has 1 heterocycles. The molecule has 2 heteroatoms. The summed E-state index contributed by atoms with van der Waals surface area (Å²) in [5.74, 6) is 0.811.